The molecule has 3 rings (SSSR count). The van der Waals surface area contributed by atoms with Crippen LogP contribution in [0.1, 0.15) is 37.8 Å². The molecule has 0 unspecified atom stereocenters. The van der Waals surface area contributed by atoms with Crippen LogP contribution in [0.5, 0.6) is 0 Å². The zero-order valence-electron chi connectivity index (χ0n) is 16.6. The van der Waals surface area contributed by atoms with Crippen molar-refractivity contribution in [3.8, 4) is 0 Å². The smallest absolute Gasteiger partial charge is 0.194 e. The van der Waals surface area contributed by atoms with Crippen LogP contribution >= 0.6 is 0 Å². The predicted octanol–water partition coefficient (Wildman–Crippen LogP) is 2.39. The first-order chi connectivity index (χ1) is 12.8. The number of aliphatic imine (C=N–C) groups is 1. The van der Waals surface area contributed by atoms with Gasteiger partial charge in [-0.3, -0.25) is 4.90 Å². The average molecular weight is 358 g/mol. The molecule has 0 aliphatic carbocycles. The van der Waals surface area contributed by atoms with Gasteiger partial charge in [0.25, 0.3) is 0 Å². The van der Waals surface area contributed by atoms with E-state index >= 15 is 0 Å². The highest BCUT2D eigenvalue weighted by atomic mass is 15.3. The molecule has 5 nitrogen and oxygen atoms in total. The highest BCUT2D eigenvalue weighted by Crippen LogP contribution is 2.15. The van der Waals surface area contributed by atoms with Crippen LogP contribution in [0.2, 0.25) is 0 Å². The number of nitrogens with one attached hydrogen (secondary N) is 1. The van der Waals surface area contributed by atoms with E-state index in [9.17, 15) is 0 Å². The Labute approximate surface area is 159 Å². The van der Waals surface area contributed by atoms with Gasteiger partial charge in [0.15, 0.2) is 5.96 Å². The Morgan fingerprint density at radius 3 is 2.23 bits per heavy atom. The standard InChI is InChI=1S/C21H35N5/c1-3-22-21(26-11-7-8-12-26)23-17-19-9-5-6-10-20(19)18-25-15-13-24(4-2)14-16-25/h5-6,9-10H,3-4,7-8,11-18H2,1-2H3,(H,22,23). The first-order valence-corrected chi connectivity index (χ1v) is 10.3. The maximum Gasteiger partial charge on any atom is 0.194 e. The minimum atomic E-state index is 0.768. The molecule has 144 valence electrons. The molecular formula is C21H35N5. The second-order valence-electron chi connectivity index (χ2n) is 7.34. The van der Waals surface area contributed by atoms with Crippen molar-refractivity contribution >= 4 is 5.96 Å². The maximum atomic E-state index is 4.95. The normalized spacial score (nSPS) is 19.9. The summed E-state index contributed by atoms with van der Waals surface area (Å²) in [5, 5.41) is 3.47. The Bertz CT molecular complexity index is 572. The van der Waals surface area contributed by atoms with E-state index < -0.39 is 0 Å². The quantitative estimate of drug-likeness (QED) is 0.626. The van der Waals surface area contributed by atoms with E-state index in [2.05, 4.69) is 58.1 Å². The van der Waals surface area contributed by atoms with Gasteiger partial charge in [-0.1, -0.05) is 31.2 Å². The van der Waals surface area contributed by atoms with Gasteiger partial charge < -0.3 is 15.1 Å². The molecule has 0 bridgehead atoms. The van der Waals surface area contributed by atoms with Crippen molar-refractivity contribution in [2.75, 3.05) is 52.4 Å². The van der Waals surface area contributed by atoms with Gasteiger partial charge in [0, 0.05) is 52.4 Å². The van der Waals surface area contributed by atoms with Crippen molar-refractivity contribution in [1.82, 2.24) is 20.0 Å². The Morgan fingerprint density at radius 2 is 1.58 bits per heavy atom. The number of rotatable bonds is 6. The summed E-state index contributed by atoms with van der Waals surface area (Å²) in [5.41, 5.74) is 2.79. The molecule has 2 fully saturated rings. The third-order valence-electron chi connectivity index (χ3n) is 5.56. The molecular weight excluding hydrogens is 322 g/mol. The largest absolute Gasteiger partial charge is 0.357 e. The Morgan fingerprint density at radius 1 is 0.923 bits per heavy atom. The van der Waals surface area contributed by atoms with E-state index in [1.165, 1.54) is 56.7 Å². The summed E-state index contributed by atoms with van der Waals surface area (Å²) in [4.78, 5) is 12.5. The Hall–Kier alpha value is -1.59. The Balaban J connectivity index is 1.63. The van der Waals surface area contributed by atoms with Crippen molar-refractivity contribution in [3.05, 3.63) is 35.4 Å². The summed E-state index contributed by atoms with van der Waals surface area (Å²) in [6.45, 7) is 15.3. The molecule has 0 radical (unpaired) electrons. The van der Waals surface area contributed by atoms with Crippen molar-refractivity contribution in [2.45, 2.75) is 39.8 Å². The molecule has 0 atom stereocenters. The molecule has 0 amide bonds. The lowest BCUT2D eigenvalue weighted by Gasteiger charge is -2.34. The summed E-state index contributed by atoms with van der Waals surface area (Å²) < 4.78 is 0. The minimum absolute atomic E-state index is 0.768. The van der Waals surface area contributed by atoms with E-state index in [4.69, 9.17) is 4.99 Å². The van der Waals surface area contributed by atoms with Crippen molar-refractivity contribution in [3.63, 3.8) is 0 Å². The molecule has 2 heterocycles. The van der Waals surface area contributed by atoms with E-state index in [-0.39, 0.29) is 0 Å². The fraction of sp³-hybridized carbons (Fsp3) is 0.667. The summed E-state index contributed by atoms with van der Waals surface area (Å²) in [6.07, 6.45) is 2.56. The van der Waals surface area contributed by atoms with Gasteiger partial charge in [0.05, 0.1) is 6.54 Å². The van der Waals surface area contributed by atoms with Gasteiger partial charge in [-0.15, -0.1) is 0 Å². The fourth-order valence-corrected chi connectivity index (χ4v) is 3.89. The lowest BCUT2D eigenvalue weighted by Crippen LogP contribution is -2.45. The molecule has 0 saturated carbocycles. The number of nitrogens with zero attached hydrogens (tertiary/aromatic N) is 4. The van der Waals surface area contributed by atoms with Crippen LogP contribution in [0, 0.1) is 0 Å². The SMILES string of the molecule is CCNC(=NCc1ccccc1CN1CCN(CC)CC1)N1CCCC1. The van der Waals surface area contributed by atoms with Crippen molar-refractivity contribution in [1.29, 1.82) is 0 Å². The third kappa shape index (κ3) is 5.21. The van der Waals surface area contributed by atoms with Crippen LogP contribution in [-0.4, -0.2) is 73.0 Å². The summed E-state index contributed by atoms with van der Waals surface area (Å²) in [7, 11) is 0. The molecule has 2 aliphatic heterocycles. The topological polar surface area (TPSA) is 34.1 Å². The second-order valence-corrected chi connectivity index (χ2v) is 7.34. The summed E-state index contributed by atoms with van der Waals surface area (Å²) in [5.74, 6) is 1.08. The van der Waals surface area contributed by atoms with Crippen LogP contribution in [0.25, 0.3) is 0 Å². The number of hydrogen-bond donors (Lipinski definition) is 1. The molecule has 26 heavy (non-hydrogen) atoms. The molecule has 2 aliphatic rings. The lowest BCUT2D eigenvalue weighted by molar-refractivity contribution is 0.131. The van der Waals surface area contributed by atoms with Gasteiger partial charge in [-0.25, -0.2) is 4.99 Å². The fourth-order valence-electron chi connectivity index (χ4n) is 3.89. The number of likely N-dealkylation sites (N-methyl/N-ethyl adjacent to an activating group) is 1. The predicted molar refractivity (Wildman–Crippen MR) is 109 cm³/mol. The van der Waals surface area contributed by atoms with Gasteiger partial charge in [-0.2, -0.15) is 0 Å². The third-order valence-corrected chi connectivity index (χ3v) is 5.56. The van der Waals surface area contributed by atoms with Crippen LogP contribution in [0.3, 0.4) is 0 Å². The van der Waals surface area contributed by atoms with Crippen LogP contribution in [-0.2, 0) is 13.1 Å². The van der Waals surface area contributed by atoms with E-state index in [0.29, 0.717) is 0 Å². The Kier molecular flexibility index (Phi) is 7.32. The van der Waals surface area contributed by atoms with Crippen molar-refractivity contribution < 1.29 is 0 Å². The number of guanidine groups is 1. The highest BCUT2D eigenvalue weighted by molar-refractivity contribution is 5.80. The zero-order valence-corrected chi connectivity index (χ0v) is 16.6. The molecule has 5 heteroatoms. The number of likely N-dealkylation sites (tertiary alicyclic amines) is 1. The van der Waals surface area contributed by atoms with Crippen molar-refractivity contribution in [2.24, 2.45) is 4.99 Å². The summed E-state index contributed by atoms with van der Waals surface area (Å²) >= 11 is 0. The van der Waals surface area contributed by atoms with Gasteiger partial charge in [0.2, 0.25) is 0 Å². The number of hydrogen-bond acceptors (Lipinski definition) is 3. The maximum absolute atomic E-state index is 4.95. The molecule has 1 N–H and O–H groups in total. The monoisotopic (exact) mass is 357 g/mol. The first-order valence-electron chi connectivity index (χ1n) is 10.3. The van der Waals surface area contributed by atoms with Gasteiger partial charge in [-0.05, 0) is 37.4 Å². The second kappa shape index (κ2) is 9.93. The van der Waals surface area contributed by atoms with E-state index in [0.717, 1.165) is 38.7 Å². The average Bonchev–Trinajstić information content (AvgIpc) is 3.21. The lowest BCUT2D eigenvalue weighted by atomic mass is 10.1. The molecule has 1 aromatic carbocycles. The summed E-state index contributed by atoms with van der Waals surface area (Å²) in [6, 6.07) is 8.83. The van der Waals surface area contributed by atoms with Crippen LogP contribution in [0.4, 0.5) is 0 Å². The van der Waals surface area contributed by atoms with Crippen LogP contribution in [0.15, 0.2) is 29.3 Å². The minimum Gasteiger partial charge on any atom is -0.357 e. The number of benzene rings is 1. The molecule has 2 saturated heterocycles. The van der Waals surface area contributed by atoms with Crippen LogP contribution < -0.4 is 5.32 Å². The zero-order chi connectivity index (χ0) is 18.2. The number of piperazine rings is 1. The van der Waals surface area contributed by atoms with Gasteiger partial charge in [0.1, 0.15) is 0 Å². The molecule has 1 aromatic rings. The highest BCUT2D eigenvalue weighted by Gasteiger charge is 2.18. The first kappa shape index (κ1) is 19.2. The molecule has 0 spiro atoms. The van der Waals surface area contributed by atoms with Gasteiger partial charge >= 0.3 is 0 Å². The van der Waals surface area contributed by atoms with E-state index in [1.54, 1.807) is 0 Å². The molecule has 0 aromatic heterocycles. The van der Waals surface area contributed by atoms with E-state index in [1.807, 2.05) is 0 Å².